The predicted molar refractivity (Wildman–Crippen MR) is 128 cm³/mol. The van der Waals surface area contributed by atoms with Crippen LogP contribution in [0.1, 0.15) is 52.5 Å². The van der Waals surface area contributed by atoms with E-state index < -0.39 is 0 Å². The van der Waals surface area contributed by atoms with Gasteiger partial charge in [0.15, 0.2) is 5.96 Å². The molecule has 0 spiro atoms. The average Bonchev–Trinajstić information content (AvgIpc) is 3.47. The maximum absolute atomic E-state index is 5.68. The number of hydrogen-bond donors (Lipinski definition) is 2. The van der Waals surface area contributed by atoms with E-state index in [1.54, 1.807) is 7.05 Å². The Hall–Kier alpha value is -1.09. The number of nitrogens with one attached hydrogen (secondary N) is 2. The van der Waals surface area contributed by atoms with Crippen LogP contribution in [-0.4, -0.2) is 54.7 Å². The molecule has 1 aliphatic carbocycles. The molecule has 6 nitrogen and oxygen atoms in total. The zero-order chi connectivity index (χ0) is 19.6. The minimum absolute atomic E-state index is 0. The van der Waals surface area contributed by atoms with E-state index in [-0.39, 0.29) is 24.0 Å². The number of pyridine rings is 1. The summed E-state index contributed by atoms with van der Waals surface area (Å²) in [5.41, 5.74) is 1.11. The first-order chi connectivity index (χ1) is 13.0. The number of rotatable bonds is 11. The fourth-order valence-electron chi connectivity index (χ4n) is 3.08. The summed E-state index contributed by atoms with van der Waals surface area (Å²) in [4.78, 5) is 11.2. The first kappa shape index (κ1) is 24.9. The Morgan fingerprint density at radius 2 is 1.93 bits per heavy atom. The van der Waals surface area contributed by atoms with Crippen LogP contribution in [0.4, 0.5) is 0 Å². The largest absolute Gasteiger partial charge is 0.477 e. The Balaban J connectivity index is 0.00000392. The van der Waals surface area contributed by atoms with Crippen LogP contribution in [0.15, 0.2) is 23.3 Å². The summed E-state index contributed by atoms with van der Waals surface area (Å²) in [7, 11) is 1.80. The summed E-state index contributed by atoms with van der Waals surface area (Å²) in [5, 5.41) is 6.73. The van der Waals surface area contributed by atoms with Crippen molar-refractivity contribution in [2.45, 2.75) is 65.6 Å². The van der Waals surface area contributed by atoms with Crippen molar-refractivity contribution in [2.24, 2.45) is 10.9 Å². The van der Waals surface area contributed by atoms with E-state index in [9.17, 15) is 0 Å². The molecule has 2 rings (SSSR count). The highest BCUT2D eigenvalue weighted by atomic mass is 127. The normalized spacial score (nSPS) is 14.4. The van der Waals surface area contributed by atoms with Gasteiger partial charge in [0.2, 0.25) is 5.88 Å². The lowest BCUT2D eigenvalue weighted by atomic mass is 10.2. The Kier molecular flexibility index (Phi) is 11.8. The lowest BCUT2D eigenvalue weighted by Crippen LogP contribution is -2.41. The molecule has 1 aromatic heterocycles. The molecule has 160 valence electrons. The molecule has 0 aliphatic heterocycles. The molecular weight excluding hydrogens is 465 g/mol. The molecule has 1 aromatic rings. The van der Waals surface area contributed by atoms with Crippen molar-refractivity contribution in [1.82, 2.24) is 20.5 Å². The molecule has 0 bridgehead atoms. The molecule has 1 fully saturated rings. The Morgan fingerprint density at radius 3 is 2.46 bits per heavy atom. The molecule has 0 saturated heterocycles. The predicted octanol–water partition coefficient (Wildman–Crippen LogP) is 3.66. The molecule has 7 heteroatoms. The van der Waals surface area contributed by atoms with Gasteiger partial charge < -0.3 is 15.4 Å². The van der Waals surface area contributed by atoms with Crippen LogP contribution in [0.25, 0.3) is 0 Å². The third-order valence-electron chi connectivity index (χ3n) is 4.86. The molecule has 28 heavy (non-hydrogen) atoms. The van der Waals surface area contributed by atoms with E-state index in [0.717, 1.165) is 43.6 Å². The molecule has 0 atom stereocenters. The smallest absolute Gasteiger partial charge is 0.213 e. The topological polar surface area (TPSA) is 61.8 Å². The Morgan fingerprint density at radius 1 is 1.21 bits per heavy atom. The molecule has 0 unspecified atom stereocenters. The summed E-state index contributed by atoms with van der Waals surface area (Å²) in [5.74, 6) is 2.29. The van der Waals surface area contributed by atoms with Gasteiger partial charge in [-0.3, -0.25) is 9.89 Å². The molecule has 0 aromatic carbocycles. The SMILES string of the molecule is CN=C(NCCCN(C(C)C)C(C)C)NCc1ccc(OCC2CC2)nc1.I. The molecule has 1 heterocycles. The van der Waals surface area contributed by atoms with Gasteiger partial charge in [-0.25, -0.2) is 4.98 Å². The number of halogens is 1. The second kappa shape index (κ2) is 13.2. The number of guanidine groups is 1. The van der Waals surface area contributed by atoms with Gasteiger partial charge in [0, 0.05) is 51.0 Å². The zero-order valence-electron chi connectivity index (χ0n) is 18.1. The van der Waals surface area contributed by atoms with E-state index in [0.29, 0.717) is 24.5 Å². The number of aliphatic imine (C=N–C) groups is 1. The summed E-state index contributed by atoms with van der Waals surface area (Å²) in [6.45, 7) is 12.5. The van der Waals surface area contributed by atoms with E-state index >= 15 is 0 Å². The highest BCUT2D eigenvalue weighted by molar-refractivity contribution is 14.0. The number of hydrogen-bond acceptors (Lipinski definition) is 4. The van der Waals surface area contributed by atoms with Crippen LogP contribution in [0.5, 0.6) is 5.88 Å². The van der Waals surface area contributed by atoms with Crippen molar-refractivity contribution in [2.75, 3.05) is 26.7 Å². The van der Waals surface area contributed by atoms with E-state index in [2.05, 4.69) is 59.3 Å². The van der Waals surface area contributed by atoms with Crippen LogP contribution < -0.4 is 15.4 Å². The quantitative estimate of drug-likeness (QED) is 0.209. The van der Waals surface area contributed by atoms with Crippen molar-refractivity contribution < 1.29 is 4.74 Å². The average molecular weight is 503 g/mol. The summed E-state index contributed by atoms with van der Waals surface area (Å²) in [6, 6.07) is 5.15. The van der Waals surface area contributed by atoms with Gasteiger partial charge in [-0.05, 0) is 58.4 Å². The summed E-state index contributed by atoms with van der Waals surface area (Å²) < 4.78 is 5.68. The third-order valence-corrected chi connectivity index (χ3v) is 4.86. The molecular formula is C21H38IN5O. The van der Waals surface area contributed by atoms with Gasteiger partial charge in [-0.2, -0.15) is 0 Å². The highest BCUT2D eigenvalue weighted by Crippen LogP contribution is 2.29. The third kappa shape index (κ3) is 9.41. The van der Waals surface area contributed by atoms with Crippen molar-refractivity contribution in [1.29, 1.82) is 0 Å². The first-order valence-electron chi connectivity index (χ1n) is 10.3. The van der Waals surface area contributed by atoms with Gasteiger partial charge in [-0.1, -0.05) is 6.07 Å². The maximum Gasteiger partial charge on any atom is 0.213 e. The molecule has 0 amide bonds. The van der Waals surface area contributed by atoms with Crippen molar-refractivity contribution >= 4 is 29.9 Å². The fraction of sp³-hybridized carbons (Fsp3) is 0.714. The minimum atomic E-state index is 0. The molecule has 1 aliphatic rings. The van der Waals surface area contributed by atoms with Crippen molar-refractivity contribution in [3.63, 3.8) is 0 Å². The molecule has 2 N–H and O–H groups in total. The van der Waals surface area contributed by atoms with E-state index in [4.69, 9.17) is 4.74 Å². The number of ether oxygens (including phenoxy) is 1. The summed E-state index contributed by atoms with van der Waals surface area (Å²) in [6.07, 6.45) is 5.54. The molecule has 0 radical (unpaired) electrons. The van der Waals surface area contributed by atoms with Crippen LogP contribution >= 0.6 is 24.0 Å². The van der Waals surface area contributed by atoms with Crippen LogP contribution in [0, 0.1) is 5.92 Å². The van der Waals surface area contributed by atoms with Gasteiger partial charge in [0.25, 0.3) is 0 Å². The summed E-state index contributed by atoms with van der Waals surface area (Å²) >= 11 is 0. The Labute approximate surface area is 187 Å². The van der Waals surface area contributed by atoms with E-state index in [1.807, 2.05) is 12.3 Å². The Bertz CT molecular complexity index is 565. The number of nitrogens with zero attached hydrogens (tertiary/aromatic N) is 3. The van der Waals surface area contributed by atoms with Gasteiger partial charge >= 0.3 is 0 Å². The second-order valence-electron chi connectivity index (χ2n) is 7.89. The highest BCUT2D eigenvalue weighted by Gasteiger charge is 2.22. The minimum Gasteiger partial charge on any atom is -0.477 e. The number of aromatic nitrogens is 1. The van der Waals surface area contributed by atoms with Gasteiger partial charge in [0.05, 0.1) is 6.61 Å². The zero-order valence-corrected chi connectivity index (χ0v) is 20.4. The van der Waals surface area contributed by atoms with Crippen LogP contribution in [-0.2, 0) is 6.54 Å². The fourth-order valence-corrected chi connectivity index (χ4v) is 3.08. The van der Waals surface area contributed by atoms with Crippen molar-refractivity contribution in [3.8, 4) is 5.88 Å². The van der Waals surface area contributed by atoms with E-state index in [1.165, 1.54) is 12.8 Å². The van der Waals surface area contributed by atoms with Crippen LogP contribution in [0.2, 0.25) is 0 Å². The monoisotopic (exact) mass is 503 g/mol. The maximum atomic E-state index is 5.68. The van der Waals surface area contributed by atoms with Gasteiger partial charge in [-0.15, -0.1) is 24.0 Å². The van der Waals surface area contributed by atoms with Crippen LogP contribution in [0.3, 0.4) is 0 Å². The standard InChI is InChI=1S/C21H37N5O.HI/c1-16(2)26(17(3)4)12-6-11-23-21(22-5)25-14-19-9-10-20(24-13-19)27-15-18-7-8-18;/h9-10,13,16-18H,6-8,11-12,14-15H2,1-5H3,(H2,22,23,25);1H. The molecule has 1 saturated carbocycles. The van der Waals surface area contributed by atoms with Crippen molar-refractivity contribution in [3.05, 3.63) is 23.9 Å². The second-order valence-corrected chi connectivity index (χ2v) is 7.89. The lowest BCUT2D eigenvalue weighted by molar-refractivity contribution is 0.173. The first-order valence-corrected chi connectivity index (χ1v) is 10.3. The van der Waals surface area contributed by atoms with Gasteiger partial charge in [0.1, 0.15) is 0 Å². The lowest BCUT2D eigenvalue weighted by Gasteiger charge is -2.30.